The van der Waals surface area contributed by atoms with Gasteiger partial charge in [-0.15, -0.1) is 0 Å². The molecular weight excluding hydrogens is 174 g/mol. The third-order valence-corrected chi connectivity index (χ3v) is 1.91. The maximum Gasteiger partial charge on any atom is 0.126 e. The molecule has 0 saturated heterocycles. The lowest BCUT2D eigenvalue weighted by Crippen LogP contribution is -1.95. The number of hydrogen-bond acceptors (Lipinski definition) is 2. The Morgan fingerprint density at radius 1 is 1.14 bits per heavy atom. The van der Waals surface area contributed by atoms with Crippen LogP contribution in [-0.4, -0.2) is 9.78 Å². The van der Waals surface area contributed by atoms with Gasteiger partial charge in [-0.3, -0.25) is 0 Å². The highest BCUT2D eigenvalue weighted by Crippen LogP contribution is 2.05. The minimum absolute atomic E-state index is 0.636. The minimum atomic E-state index is 0.636. The Morgan fingerprint density at radius 2 is 1.93 bits per heavy atom. The van der Waals surface area contributed by atoms with E-state index < -0.39 is 0 Å². The van der Waals surface area contributed by atoms with Crippen LogP contribution in [-0.2, 0) is 0 Å². The molecule has 3 heteroatoms. The minimum Gasteiger partial charge on any atom is -0.384 e. The van der Waals surface area contributed by atoms with E-state index in [1.165, 1.54) is 0 Å². The van der Waals surface area contributed by atoms with E-state index in [-0.39, 0.29) is 0 Å². The Bertz CT molecular complexity index is 429. The van der Waals surface area contributed by atoms with Crippen molar-refractivity contribution in [2.24, 2.45) is 0 Å². The lowest BCUT2D eigenvalue weighted by molar-refractivity contribution is 0.948. The molecular formula is C11H11N3. The zero-order valence-corrected chi connectivity index (χ0v) is 7.67. The monoisotopic (exact) mass is 185 g/mol. The molecule has 3 nitrogen and oxygen atoms in total. The first-order valence-electron chi connectivity index (χ1n) is 4.38. The van der Waals surface area contributed by atoms with Crippen molar-refractivity contribution in [2.75, 3.05) is 5.73 Å². The van der Waals surface area contributed by atoms with Crippen molar-refractivity contribution in [1.82, 2.24) is 9.78 Å². The van der Waals surface area contributed by atoms with Crippen molar-refractivity contribution in [1.29, 1.82) is 0 Å². The van der Waals surface area contributed by atoms with Crippen LogP contribution in [0.25, 0.3) is 12.3 Å². The van der Waals surface area contributed by atoms with E-state index in [9.17, 15) is 0 Å². The molecule has 0 unspecified atom stereocenters. The number of hydrogen-bond donors (Lipinski definition) is 1. The van der Waals surface area contributed by atoms with Crippen LogP contribution >= 0.6 is 0 Å². The SMILES string of the molecule is Nc1ccnn1/C=C\c1ccccc1. The molecule has 0 radical (unpaired) electrons. The summed E-state index contributed by atoms with van der Waals surface area (Å²) in [7, 11) is 0. The van der Waals surface area contributed by atoms with Gasteiger partial charge in [-0.25, -0.2) is 4.68 Å². The van der Waals surface area contributed by atoms with Gasteiger partial charge in [-0.1, -0.05) is 30.3 Å². The standard InChI is InChI=1S/C11H11N3/c12-11-6-8-13-14(11)9-7-10-4-2-1-3-5-10/h1-9H,12H2/b9-7-. The summed E-state index contributed by atoms with van der Waals surface area (Å²) < 4.78 is 1.63. The van der Waals surface area contributed by atoms with Gasteiger partial charge in [0.15, 0.2) is 0 Å². The van der Waals surface area contributed by atoms with E-state index in [1.807, 2.05) is 42.6 Å². The predicted molar refractivity (Wildman–Crippen MR) is 58.3 cm³/mol. The molecule has 0 bridgehead atoms. The van der Waals surface area contributed by atoms with Gasteiger partial charge in [0.2, 0.25) is 0 Å². The third kappa shape index (κ3) is 1.82. The summed E-state index contributed by atoms with van der Waals surface area (Å²) in [4.78, 5) is 0. The smallest absolute Gasteiger partial charge is 0.126 e. The number of nitrogen functional groups attached to an aromatic ring is 1. The molecule has 1 aromatic heterocycles. The van der Waals surface area contributed by atoms with Gasteiger partial charge < -0.3 is 5.73 Å². The topological polar surface area (TPSA) is 43.8 Å². The molecule has 70 valence electrons. The Balaban J connectivity index is 2.20. The molecule has 2 N–H and O–H groups in total. The zero-order chi connectivity index (χ0) is 9.80. The van der Waals surface area contributed by atoms with Crippen LogP contribution in [0.1, 0.15) is 5.56 Å². The Hall–Kier alpha value is -2.03. The van der Waals surface area contributed by atoms with Crippen molar-refractivity contribution in [3.8, 4) is 0 Å². The first-order valence-corrected chi connectivity index (χ1v) is 4.38. The Labute approximate surface area is 82.5 Å². The van der Waals surface area contributed by atoms with Gasteiger partial charge in [0.25, 0.3) is 0 Å². The largest absolute Gasteiger partial charge is 0.384 e. The van der Waals surface area contributed by atoms with Crippen molar-refractivity contribution < 1.29 is 0 Å². The molecule has 14 heavy (non-hydrogen) atoms. The molecule has 0 fully saturated rings. The molecule has 1 heterocycles. The van der Waals surface area contributed by atoms with E-state index in [4.69, 9.17) is 5.73 Å². The summed E-state index contributed by atoms with van der Waals surface area (Å²) in [6, 6.07) is 11.8. The summed E-state index contributed by atoms with van der Waals surface area (Å²) in [6.07, 6.45) is 5.47. The second-order valence-electron chi connectivity index (χ2n) is 2.93. The number of nitrogens with zero attached hydrogens (tertiary/aromatic N) is 2. The maximum atomic E-state index is 5.65. The fourth-order valence-corrected chi connectivity index (χ4v) is 1.17. The summed E-state index contributed by atoms with van der Waals surface area (Å²) >= 11 is 0. The fraction of sp³-hybridized carbons (Fsp3) is 0. The number of nitrogens with two attached hydrogens (primary N) is 1. The van der Waals surface area contributed by atoms with Crippen molar-refractivity contribution in [2.45, 2.75) is 0 Å². The quantitative estimate of drug-likeness (QED) is 0.778. The van der Waals surface area contributed by atoms with Crippen LogP contribution in [0.5, 0.6) is 0 Å². The highest BCUT2D eigenvalue weighted by molar-refractivity contribution is 5.61. The molecule has 2 aromatic rings. The second kappa shape index (κ2) is 3.79. The molecule has 0 atom stereocenters. The van der Waals surface area contributed by atoms with Gasteiger partial charge in [0.05, 0.1) is 6.20 Å². The van der Waals surface area contributed by atoms with Crippen molar-refractivity contribution in [3.63, 3.8) is 0 Å². The van der Waals surface area contributed by atoms with Gasteiger partial charge in [0.1, 0.15) is 5.82 Å². The Morgan fingerprint density at radius 3 is 2.57 bits per heavy atom. The lowest BCUT2D eigenvalue weighted by atomic mass is 10.2. The van der Waals surface area contributed by atoms with Crippen LogP contribution in [0.2, 0.25) is 0 Å². The molecule has 0 spiro atoms. The second-order valence-corrected chi connectivity index (χ2v) is 2.93. The average Bonchev–Trinajstić information content (AvgIpc) is 2.63. The van der Waals surface area contributed by atoms with Gasteiger partial charge >= 0.3 is 0 Å². The van der Waals surface area contributed by atoms with Crippen LogP contribution in [0.3, 0.4) is 0 Å². The maximum absolute atomic E-state index is 5.65. The fourth-order valence-electron chi connectivity index (χ4n) is 1.17. The van der Waals surface area contributed by atoms with E-state index in [2.05, 4.69) is 5.10 Å². The van der Waals surface area contributed by atoms with Crippen LogP contribution < -0.4 is 5.73 Å². The van der Waals surface area contributed by atoms with E-state index >= 15 is 0 Å². The number of aromatic nitrogens is 2. The van der Waals surface area contributed by atoms with E-state index in [0.29, 0.717) is 5.82 Å². The first kappa shape index (κ1) is 8.56. The number of benzene rings is 1. The summed E-state index contributed by atoms with van der Waals surface area (Å²) in [5.74, 6) is 0.636. The first-order chi connectivity index (χ1) is 6.86. The molecule has 0 aliphatic rings. The molecule has 1 aromatic carbocycles. The predicted octanol–water partition coefficient (Wildman–Crippen LogP) is 2.09. The molecule has 0 amide bonds. The van der Waals surface area contributed by atoms with Crippen LogP contribution in [0.4, 0.5) is 5.82 Å². The van der Waals surface area contributed by atoms with Gasteiger partial charge in [-0.2, -0.15) is 5.10 Å². The normalized spacial score (nSPS) is 10.9. The van der Waals surface area contributed by atoms with Crippen molar-refractivity contribution in [3.05, 3.63) is 48.2 Å². The zero-order valence-electron chi connectivity index (χ0n) is 7.67. The molecule has 0 aliphatic carbocycles. The van der Waals surface area contributed by atoms with Gasteiger partial charge in [-0.05, 0) is 11.6 Å². The van der Waals surface area contributed by atoms with Gasteiger partial charge in [0, 0.05) is 12.3 Å². The lowest BCUT2D eigenvalue weighted by Gasteiger charge is -1.95. The summed E-state index contributed by atoms with van der Waals surface area (Å²) in [6.45, 7) is 0. The summed E-state index contributed by atoms with van der Waals surface area (Å²) in [5.41, 5.74) is 6.78. The highest BCUT2D eigenvalue weighted by atomic mass is 15.3. The number of rotatable bonds is 2. The third-order valence-electron chi connectivity index (χ3n) is 1.91. The summed E-state index contributed by atoms with van der Waals surface area (Å²) in [5, 5.41) is 4.04. The molecule has 0 aliphatic heterocycles. The van der Waals surface area contributed by atoms with E-state index in [1.54, 1.807) is 16.9 Å². The van der Waals surface area contributed by atoms with Crippen LogP contribution in [0, 0.1) is 0 Å². The van der Waals surface area contributed by atoms with E-state index in [0.717, 1.165) is 5.56 Å². The average molecular weight is 185 g/mol. The highest BCUT2D eigenvalue weighted by Gasteiger charge is 1.90. The van der Waals surface area contributed by atoms with Crippen LogP contribution in [0.15, 0.2) is 42.6 Å². The van der Waals surface area contributed by atoms with Crippen molar-refractivity contribution >= 4 is 18.1 Å². The Kier molecular flexibility index (Phi) is 2.32. The molecule has 0 saturated carbocycles. The molecule has 2 rings (SSSR count). The number of anilines is 1.